The van der Waals surface area contributed by atoms with Crippen molar-refractivity contribution in [2.75, 3.05) is 50.7 Å². The number of anilines is 1. The molecule has 28 heavy (non-hydrogen) atoms. The first-order chi connectivity index (χ1) is 13.7. The lowest BCUT2D eigenvalue weighted by Gasteiger charge is -2.36. The van der Waals surface area contributed by atoms with Gasteiger partial charge in [0.05, 0.1) is 0 Å². The molecule has 1 N–H and O–H groups in total. The first-order valence-electron chi connectivity index (χ1n) is 9.97. The van der Waals surface area contributed by atoms with E-state index in [1.54, 1.807) is 0 Å². The molecule has 0 unspecified atom stereocenters. The van der Waals surface area contributed by atoms with Crippen LogP contribution < -0.4 is 4.90 Å². The lowest BCUT2D eigenvalue weighted by Crippen LogP contribution is -2.47. The van der Waals surface area contributed by atoms with Crippen LogP contribution in [0.3, 0.4) is 0 Å². The molecule has 0 spiro atoms. The normalized spacial score (nSPS) is 19.8. The summed E-state index contributed by atoms with van der Waals surface area (Å²) in [6.45, 7) is 7.69. The van der Waals surface area contributed by atoms with Crippen LogP contribution in [0.15, 0.2) is 53.7 Å². The van der Waals surface area contributed by atoms with Gasteiger partial charge in [-0.25, -0.2) is 4.39 Å². The number of nitrogens with zero attached hydrogens (tertiary/aromatic N) is 4. The molecule has 6 heteroatoms. The van der Waals surface area contributed by atoms with E-state index < -0.39 is 0 Å². The first kappa shape index (κ1) is 18.9. The Bertz CT molecular complexity index is 816. The Morgan fingerprint density at radius 2 is 1.57 bits per heavy atom. The second-order valence-electron chi connectivity index (χ2n) is 7.57. The highest BCUT2D eigenvalue weighted by molar-refractivity contribution is 6.03. The Balaban J connectivity index is 1.23. The maximum Gasteiger partial charge on any atom is 0.123 e. The SMILES string of the molecule is O/N=C1\CN(CCCN2CCN(c3ccc(F)cc3)CC2)Cc2ccccc21. The van der Waals surface area contributed by atoms with Gasteiger partial charge in [0, 0.05) is 57.1 Å². The average molecular weight is 382 g/mol. The predicted molar refractivity (Wildman–Crippen MR) is 110 cm³/mol. The monoisotopic (exact) mass is 382 g/mol. The number of benzene rings is 2. The second kappa shape index (κ2) is 8.71. The van der Waals surface area contributed by atoms with Gasteiger partial charge in [0.2, 0.25) is 0 Å². The van der Waals surface area contributed by atoms with Crippen LogP contribution in [-0.4, -0.2) is 66.5 Å². The molecule has 0 bridgehead atoms. The van der Waals surface area contributed by atoms with E-state index >= 15 is 0 Å². The molecule has 2 heterocycles. The fourth-order valence-electron chi connectivity index (χ4n) is 4.18. The van der Waals surface area contributed by atoms with Gasteiger partial charge in [-0.1, -0.05) is 29.4 Å². The molecule has 2 aliphatic rings. The molecule has 0 saturated carbocycles. The largest absolute Gasteiger partial charge is 0.411 e. The Kier molecular flexibility index (Phi) is 5.88. The van der Waals surface area contributed by atoms with Crippen LogP contribution in [0.1, 0.15) is 17.5 Å². The predicted octanol–water partition coefficient (Wildman–Crippen LogP) is 3.03. The molecule has 0 radical (unpaired) electrons. The summed E-state index contributed by atoms with van der Waals surface area (Å²) in [7, 11) is 0. The van der Waals surface area contributed by atoms with E-state index in [4.69, 9.17) is 0 Å². The average Bonchev–Trinajstić information content (AvgIpc) is 2.74. The summed E-state index contributed by atoms with van der Waals surface area (Å²) in [5.74, 6) is -0.183. The Labute approximate surface area is 165 Å². The molecular weight excluding hydrogens is 355 g/mol. The Morgan fingerprint density at radius 3 is 2.32 bits per heavy atom. The summed E-state index contributed by atoms with van der Waals surface area (Å²) in [6, 6.07) is 15.0. The lowest BCUT2D eigenvalue weighted by molar-refractivity contribution is 0.223. The van der Waals surface area contributed by atoms with Crippen molar-refractivity contribution in [3.05, 3.63) is 65.5 Å². The third kappa shape index (κ3) is 4.34. The maximum atomic E-state index is 13.1. The number of hydrogen-bond acceptors (Lipinski definition) is 5. The van der Waals surface area contributed by atoms with Crippen molar-refractivity contribution in [3.63, 3.8) is 0 Å². The van der Waals surface area contributed by atoms with Gasteiger partial charge >= 0.3 is 0 Å². The quantitative estimate of drug-likeness (QED) is 0.638. The fraction of sp³-hybridized carbons (Fsp3) is 0.409. The smallest absolute Gasteiger partial charge is 0.123 e. The number of halogens is 1. The van der Waals surface area contributed by atoms with Crippen LogP contribution in [0.25, 0.3) is 0 Å². The molecule has 5 nitrogen and oxygen atoms in total. The van der Waals surface area contributed by atoms with Gasteiger partial charge in [0.15, 0.2) is 0 Å². The van der Waals surface area contributed by atoms with Crippen molar-refractivity contribution in [1.29, 1.82) is 0 Å². The molecule has 2 aromatic carbocycles. The van der Waals surface area contributed by atoms with Gasteiger partial charge in [0.1, 0.15) is 11.5 Å². The van der Waals surface area contributed by atoms with E-state index in [-0.39, 0.29) is 5.82 Å². The topological polar surface area (TPSA) is 42.3 Å². The van der Waals surface area contributed by atoms with E-state index in [2.05, 4.69) is 25.9 Å². The highest BCUT2D eigenvalue weighted by atomic mass is 19.1. The summed E-state index contributed by atoms with van der Waals surface area (Å²) in [5.41, 5.74) is 4.16. The van der Waals surface area contributed by atoms with Crippen molar-refractivity contribution in [2.24, 2.45) is 5.16 Å². The minimum Gasteiger partial charge on any atom is -0.411 e. The highest BCUT2D eigenvalue weighted by Crippen LogP contribution is 2.20. The van der Waals surface area contributed by atoms with Crippen molar-refractivity contribution in [3.8, 4) is 0 Å². The molecule has 2 aliphatic heterocycles. The molecule has 1 saturated heterocycles. The summed E-state index contributed by atoms with van der Waals surface area (Å²) < 4.78 is 13.1. The van der Waals surface area contributed by atoms with Gasteiger partial charge in [-0.2, -0.15) is 0 Å². The minimum absolute atomic E-state index is 0.183. The van der Waals surface area contributed by atoms with Crippen molar-refractivity contribution >= 4 is 11.4 Å². The number of oxime groups is 1. The molecule has 2 aromatic rings. The third-order valence-electron chi connectivity index (χ3n) is 5.73. The molecule has 0 atom stereocenters. The molecule has 0 amide bonds. The van der Waals surface area contributed by atoms with Crippen LogP contribution in [0.5, 0.6) is 0 Å². The van der Waals surface area contributed by atoms with E-state index in [1.807, 2.05) is 30.3 Å². The fourth-order valence-corrected chi connectivity index (χ4v) is 4.18. The van der Waals surface area contributed by atoms with Crippen LogP contribution in [0.2, 0.25) is 0 Å². The maximum absolute atomic E-state index is 13.1. The molecular formula is C22H27FN4O. The number of hydrogen-bond donors (Lipinski definition) is 1. The standard InChI is InChI=1S/C22H27FN4O/c23-19-6-8-20(9-7-19)27-14-12-25(13-15-27)10-3-11-26-16-18-4-1-2-5-21(18)22(17-26)24-28/h1-2,4-9,28H,3,10-17H2/b24-22+. The van der Waals surface area contributed by atoms with Crippen LogP contribution in [0.4, 0.5) is 10.1 Å². The lowest BCUT2D eigenvalue weighted by atomic mass is 9.98. The van der Waals surface area contributed by atoms with Gasteiger partial charge in [-0.3, -0.25) is 9.80 Å². The first-order valence-corrected chi connectivity index (χ1v) is 9.97. The zero-order valence-corrected chi connectivity index (χ0v) is 16.1. The van der Waals surface area contributed by atoms with Crippen molar-refractivity contribution < 1.29 is 9.60 Å². The van der Waals surface area contributed by atoms with Crippen LogP contribution >= 0.6 is 0 Å². The number of fused-ring (bicyclic) bond motifs is 1. The molecule has 0 aliphatic carbocycles. The zero-order chi connectivity index (χ0) is 19.3. The number of rotatable bonds is 5. The molecule has 0 aromatic heterocycles. The summed E-state index contributed by atoms with van der Waals surface area (Å²) in [4.78, 5) is 7.17. The summed E-state index contributed by atoms with van der Waals surface area (Å²) in [6.07, 6.45) is 1.09. The van der Waals surface area contributed by atoms with E-state index in [9.17, 15) is 9.60 Å². The zero-order valence-electron chi connectivity index (χ0n) is 16.1. The van der Waals surface area contributed by atoms with Gasteiger partial charge < -0.3 is 10.1 Å². The molecule has 4 rings (SSSR count). The Hall–Kier alpha value is -2.44. The summed E-state index contributed by atoms with van der Waals surface area (Å²) >= 11 is 0. The number of piperazine rings is 1. The van der Waals surface area contributed by atoms with Crippen molar-refractivity contribution in [1.82, 2.24) is 9.80 Å². The summed E-state index contributed by atoms with van der Waals surface area (Å²) in [5, 5.41) is 12.9. The minimum atomic E-state index is -0.183. The highest BCUT2D eigenvalue weighted by Gasteiger charge is 2.22. The van der Waals surface area contributed by atoms with E-state index in [0.29, 0.717) is 6.54 Å². The van der Waals surface area contributed by atoms with Gasteiger partial charge in [-0.05, 0) is 42.8 Å². The Morgan fingerprint density at radius 1 is 0.857 bits per heavy atom. The van der Waals surface area contributed by atoms with Crippen molar-refractivity contribution in [2.45, 2.75) is 13.0 Å². The molecule has 148 valence electrons. The van der Waals surface area contributed by atoms with E-state index in [0.717, 1.165) is 69.2 Å². The van der Waals surface area contributed by atoms with Gasteiger partial charge in [0.25, 0.3) is 0 Å². The van der Waals surface area contributed by atoms with Gasteiger partial charge in [-0.15, -0.1) is 0 Å². The van der Waals surface area contributed by atoms with Crippen LogP contribution in [-0.2, 0) is 6.54 Å². The molecule has 1 fully saturated rings. The van der Waals surface area contributed by atoms with E-state index in [1.165, 1.54) is 17.7 Å². The third-order valence-corrected chi connectivity index (χ3v) is 5.73. The second-order valence-corrected chi connectivity index (χ2v) is 7.57. The van der Waals surface area contributed by atoms with Crippen LogP contribution in [0, 0.1) is 5.82 Å².